The standard InChI is InChI=1S/C13H14ClNO3/c14-8-13(3-4-13)15-12(16)9-1-2-10-11(7-9)18-6-5-17-10/h1-2,7H,3-6,8H2,(H,15,16). The fourth-order valence-corrected chi connectivity index (χ4v) is 2.27. The number of rotatable bonds is 3. The van der Waals surface area contributed by atoms with Gasteiger partial charge in [-0.15, -0.1) is 11.6 Å². The van der Waals surface area contributed by atoms with Crippen molar-refractivity contribution in [1.29, 1.82) is 0 Å². The van der Waals surface area contributed by atoms with E-state index >= 15 is 0 Å². The Balaban J connectivity index is 1.77. The van der Waals surface area contributed by atoms with E-state index in [4.69, 9.17) is 21.1 Å². The van der Waals surface area contributed by atoms with E-state index in [1.807, 2.05) is 0 Å². The molecule has 96 valence electrons. The summed E-state index contributed by atoms with van der Waals surface area (Å²) in [4.78, 5) is 12.1. The molecular weight excluding hydrogens is 254 g/mol. The Kier molecular flexibility index (Phi) is 2.82. The average Bonchev–Trinajstić information content (AvgIpc) is 3.18. The van der Waals surface area contributed by atoms with E-state index in [1.165, 1.54) is 0 Å². The lowest BCUT2D eigenvalue weighted by atomic mass is 10.1. The van der Waals surface area contributed by atoms with E-state index in [-0.39, 0.29) is 11.4 Å². The fraction of sp³-hybridized carbons (Fsp3) is 0.462. The topological polar surface area (TPSA) is 47.6 Å². The summed E-state index contributed by atoms with van der Waals surface area (Å²) in [5.74, 6) is 1.68. The second-order valence-corrected chi connectivity index (χ2v) is 4.99. The number of benzene rings is 1. The number of carbonyl (C=O) groups is 1. The van der Waals surface area contributed by atoms with Gasteiger partial charge in [-0.25, -0.2) is 0 Å². The molecule has 0 atom stereocenters. The number of carbonyl (C=O) groups excluding carboxylic acids is 1. The molecule has 1 aliphatic heterocycles. The Labute approximate surface area is 110 Å². The van der Waals surface area contributed by atoms with Crippen LogP contribution in [0.5, 0.6) is 11.5 Å². The number of amides is 1. The van der Waals surface area contributed by atoms with Crippen molar-refractivity contribution in [3.8, 4) is 11.5 Å². The molecule has 3 rings (SSSR count). The van der Waals surface area contributed by atoms with Crippen LogP contribution in [-0.4, -0.2) is 30.5 Å². The maximum absolute atomic E-state index is 12.1. The van der Waals surface area contributed by atoms with Crippen molar-refractivity contribution in [3.63, 3.8) is 0 Å². The van der Waals surface area contributed by atoms with Crippen LogP contribution in [0, 0.1) is 0 Å². The van der Waals surface area contributed by atoms with Gasteiger partial charge in [-0.3, -0.25) is 4.79 Å². The largest absolute Gasteiger partial charge is 0.486 e. The number of hydrogen-bond donors (Lipinski definition) is 1. The van der Waals surface area contributed by atoms with E-state index in [9.17, 15) is 4.79 Å². The zero-order valence-electron chi connectivity index (χ0n) is 9.87. The highest BCUT2D eigenvalue weighted by Gasteiger charge is 2.43. The molecule has 0 unspecified atom stereocenters. The Morgan fingerprint density at radius 3 is 2.67 bits per heavy atom. The molecular formula is C13H14ClNO3. The van der Waals surface area contributed by atoms with Gasteiger partial charge in [-0.2, -0.15) is 0 Å². The number of fused-ring (bicyclic) bond motifs is 1. The van der Waals surface area contributed by atoms with Crippen molar-refractivity contribution in [2.45, 2.75) is 18.4 Å². The average molecular weight is 268 g/mol. The molecule has 1 heterocycles. The Morgan fingerprint density at radius 2 is 2.00 bits per heavy atom. The molecule has 5 heteroatoms. The normalized spacial score (nSPS) is 19.2. The van der Waals surface area contributed by atoms with Gasteiger partial charge >= 0.3 is 0 Å². The van der Waals surface area contributed by atoms with Crippen LogP contribution in [0.3, 0.4) is 0 Å². The van der Waals surface area contributed by atoms with Crippen molar-refractivity contribution < 1.29 is 14.3 Å². The first-order valence-electron chi connectivity index (χ1n) is 6.01. The molecule has 1 N–H and O–H groups in total. The van der Waals surface area contributed by atoms with Gasteiger partial charge in [0.2, 0.25) is 0 Å². The molecule has 0 spiro atoms. The van der Waals surface area contributed by atoms with Crippen LogP contribution in [0.2, 0.25) is 0 Å². The van der Waals surface area contributed by atoms with E-state index < -0.39 is 0 Å². The lowest BCUT2D eigenvalue weighted by Gasteiger charge is -2.19. The molecule has 1 fully saturated rings. The SMILES string of the molecule is O=C(NC1(CCl)CC1)c1ccc2c(c1)OCCO2. The van der Waals surface area contributed by atoms with Crippen LogP contribution >= 0.6 is 11.6 Å². The molecule has 1 saturated carbocycles. The van der Waals surface area contributed by atoms with Gasteiger partial charge in [0.05, 0.1) is 5.54 Å². The maximum Gasteiger partial charge on any atom is 0.251 e. The Bertz CT molecular complexity index is 485. The molecule has 0 bridgehead atoms. The lowest BCUT2D eigenvalue weighted by Crippen LogP contribution is -2.38. The van der Waals surface area contributed by atoms with E-state index in [2.05, 4.69) is 5.32 Å². The number of alkyl halides is 1. The van der Waals surface area contributed by atoms with Crippen LogP contribution < -0.4 is 14.8 Å². The zero-order chi connectivity index (χ0) is 12.6. The summed E-state index contributed by atoms with van der Waals surface area (Å²) < 4.78 is 10.9. The quantitative estimate of drug-likeness (QED) is 0.852. The van der Waals surface area contributed by atoms with Crippen LogP contribution in [0.25, 0.3) is 0 Å². The molecule has 0 saturated heterocycles. The van der Waals surface area contributed by atoms with E-state index in [1.54, 1.807) is 18.2 Å². The summed E-state index contributed by atoms with van der Waals surface area (Å²) in [6.45, 7) is 1.07. The van der Waals surface area contributed by atoms with Gasteiger partial charge in [0.25, 0.3) is 5.91 Å². The lowest BCUT2D eigenvalue weighted by molar-refractivity contribution is 0.0935. The molecule has 4 nitrogen and oxygen atoms in total. The van der Waals surface area contributed by atoms with Crippen molar-refractivity contribution in [2.75, 3.05) is 19.1 Å². The monoisotopic (exact) mass is 267 g/mol. The Hall–Kier alpha value is -1.42. The van der Waals surface area contributed by atoms with Crippen LogP contribution in [0.4, 0.5) is 0 Å². The van der Waals surface area contributed by atoms with Gasteiger partial charge in [0.15, 0.2) is 11.5 Å². The van der Waals surface area contributed by atoms with Gasteiger partial charge < -0.3 is 14.8 Å². The molecule has 0 aromatic heterocycles. The summed E-state index contributed by atoms with van der Waals surface area (Å²) in [6.07, 6.45) is 1.90. The van der Waals surface area contributed by atoms with Crippen molar-refractivity contribution >= 4 is 17.5 Å². The van der Waals surface area contributed by atoms with Gasteiger partial charge in [0, 0.05) is 11.4 Å². The summed E-state index contributed by atoms with van der Waals surface area (Å²) in [5.41, 5.74) is 0.391. The molecule has 1 aromatic rings. The van der Waals surface area contributed by atoms with E-state index in [0.717, 1.165) is 12.8 Å². The summed E-state index contributed by atoms with van der Waals surface area (Å²) in [7, 11) is 0. The van der Waals surface area contributed by atoms with Crippen LogP contribution in [0.15, 0.2) is 18.2 Å². The highest BCUT2D eigenvalue weighted by Crippen LogP contribution is 2.37. The smallest absolute Gasteiger partial charge is 0.251 e. The molecule has 1 aliphatic carbocycles. The third-order valence-corrected chi connectivity index (χ3v) is 3.80. The summed E-state index contributed by atoms with van der Waals surface area (Å²) in [5, 5.41) is 2.97. The molecule has 0 radical (unpaired) electrons. The molecule has 1 amide bonds. The van der Waals surface area contributed by atoms with Gasteiger partial charge in [0.1, 0.15) is 13.2 Å². The van der Waals surface area contributed by atoms with Gasteiger partial charge in [-0.1, -0.05) is 0 Å². The molecule has 2 aliphatic rings. The minimum absolute atomic E-state index is 0.106. The minimum atomic E-state index is -0.189. The van der Waals surface area contributed by atoms with Crippen LogP contribution in [-0.2, 0) is 0 Å². The third-order valence-electron chi connectivity index (χ3n) is 3.29. The highest BCUT2D eigenvalue weighted by molar-refractivity contribution is 6.19. The minimum Gasteiger partial charge on any atom is -0.486 e. The number of ether oxygens (including phenoxy) is 2. The first-order chi connectivity index (χ1) is 8.72. The maximum atomic E-state index is 12.1. The molecule has 18 heavy (non-hydrogen) atoms. The van der Waals surface area contributed by atoms with Crippen molar-refractivity contribution in [1.82, 2.24) is 5.32 Å². The van der Waals surface area contributed by atoms with Crippen LogP contribution in [0.1, 0.15) is 23.2 Å². The molecule has 1 aromatic carbocycles. The first-order valence-corrected chi connectivity index (χ1v) is 6.54. The first kappa shape index (κ1) is 11.7. The third kappa shape index (κ3) is 2.12. The summed E-state index contributed by atoms with van der Waals surface area (Å²) in [6, 6.07) is 5.23. The highest BCUT2D eigenvalue weighted by atomic mass is 35.5. The van der Waals surface area contributed by atoms with E-state index in [0.29, 0.717) is 36.2 Å². The summed E-state index contributed by atoms with van der Waals surface area (Å²) >= 11 is 5.84. The predicted molar refractivity (Wildman–Crippen MR) is 67.6 cm³/mol. The van der Waals surface area contributed by atoms with Crippen molar-refractivity contribution in [3.05, 3.63) is 23.8 Å². The van der Waals surface area contributed by atoms with Gasteiger partial charge in [-0.05, 0) is 31.0 Å². The second kappa shape index (κ2) is 4.35. The number of halogens is 1. The fourth-order valence-electron chi connectivity index (χ4n) is 1.94. The number of hydrogen-bond acceptors (Lipinski definition) is 3. The number of nitrogens with one attached hydrogen (secondary N) is 1. The second-order valence-electron chi connectivity index (χ2n) is 4.73. The zero-order valence-corrected chi connectivity index (χ0v) is 10.6. The Morgan fingerprint density at radius 1 is 1.28 bits per heavy atom. The predicted octanol–water partition coefficient (Wildman–Crippen LogP) is 1.96. The van der Waals surface area contributed by atoms with Crippen molar-refractivity contribution in [2.24, 2.45) is 0 Å².